The Bertz CT molecular complexity index is 294. The molecule has 0 saturated heterocycles. The molecule has 0 radical (unpaired) electrons. The van der Waals surface area contributed by atoms with Crippen molar-refractivity contribution in [3.63, 3.8) is 0 Å². The molecule has 90 valence electrons. The van der Waals surface area contributed by atoms with Crippen LogP contribution in [0.3, 0.4) is 0 Å². The van der Waals surface area contributed by atoms with Crippen molar-refractivity contribution in [2.24, 2.45) is 5.92 Å². The van der Waals surface area contributed by atoms with E-state index in [-0.39, 0.29) is 0 Å². The summed E-state index contributed by atoms with van der Waals surface area (Å²) < 4.78 is 0. The summed E-state index contributed by atoms with van der Waals surface area (Å²) in [7, 11) is 0. The van der Waals surface area contributed by atoms with Crippen LogP contribution in [-0.2, 0) is 0 Å². The largest absolute Gasteiger partial charge is 0.307 e. The van der Waals surface area contributed by atoms with Crippen LogP contribution in [0.4, 0.5) is 0 Å². The minimum atomic E-state index is 0.528. The van der Waals surface area contributed by atoms with Crippen LogP contribution in [0.25, 0.3) is 0 Å². The maximum absolute atomic E-state index is 3.80. The lowest BCUT2D eigenvalue weighted by molar-refractivity contribution is 0.266. The van der Waals surface area contributed by atoms with E-state index in [1.165, 1.54) is 37.0 Å². The summed E-state index contributed by atoms with van der Waals surface area (Å²) >= 11 is 1.86. The SMILES string of the molecule is CCC1CCCC(N[C@@H](C)c2cccs2)C1. The van der Waals surface area contributed by atoms with Crippen molar-refractivity contribution in [1.29, 1.82) is 0 Å². The van der Waals surface area contributed by atoms with Gasteiger partial charge in [0.15, 0.2) is 0 Å². The normalized spacial score (nSPS) is 27.9. The number of hydrogen-bond acceptors (Lipinski definition) is 2. The molecular weight excluding hydrogens is 214 g/mol. The summed E-state index contributed by atoms with van der Waals surface area (Å²) in [5.74, 6) is 0.960. The zero-order valence-corrected chi connectivity index (χ0v) is 11.2. The molecule has 0 aromatic carbocycles. The summed E-state index contributed by atoms with van der Waals surface area (Å²) in [6.45, 7) is 4.62. The molecule has 1 fully saturated rings. The third kappa shape index (κ3) is 3.08. The number of nitrogens with one attached hydrogen (secondary N) is 1. The molecule has 0 bridgehead atoms. The van der Waals surface area contributed by atoms with Crippen LogP contribution in [0.5, 0.6) is 0 Å². The molecule has 1 saturated carbocycles. The molecule has 1 heterocycles. The van der Waals surface area contributed by atoms with Crippen LogP contribution >= 0.6 is 11.3 Å². The highest BCUT2D eigenvalue weighted by atomic mass is 32.1. The monoisotopic (exact) mass is 237 g/mol. The Kier molecular flexibility index (Phi) is 4.42. The van der Waals surface area contributed by atoms with Gasteiger partial charge in [0.05, 0.1) is 0 Å². The summed E-state index contributed by atoms with van der Waals surface area (Å²) in [5.41, 5.74) is 0. The van der Waals surface area contributed by atoms with Crippen molar-refractivity contribution < 1.29 is 0 Å². The highest BCUT2D eigenvalue weighted by Crippen LogP contribution is 2.28. The van der Waals surface area contributed by atoms with Gasteiger partial charge >= 0.3 is 0 Å². The molecular formula is C14H23NS. The first-order chi connectivity index (χ1) is 7.79. The van der Waals surface area contributed by atoms with E-state index in [1.807, 2.05) is 11.3 Å². The Morgan fingerprint density at radius 3 is 3.06 bits per heavy atom. The third-order valence-electron chi connectivity index (χ3n) is 3.82. The molecule has 3 atom stereocenters. The highest BCUT2D eigenvalue weighted by molar-refractivity contribution is 7.10. The number of hydrogen-bond donors (Lipinski definition) is 1. The van der Waals surface area contributed by atoms with Gasteiger partial charge < -0.3 is 5.32 Å². The lowest BCUT2D eigenvalue weighted by atomic mass is 9.84. The van der Waals surface area contributed by atoms with Gasteiger partial charge in [-0.2, -0.15) is 0 Å². The van der Waals surface area contributed by atoms with Crippen LogP contribution in [0.1, 0.15) is 56.9 Å². The van der Waals surface area contributed by atoms with Gasteiger partial charge in [0, 0.05) is 17.0 Å². The zero-order valence-electron chi connectivity index (χ0n) is 10.4. The second kappa shape index (κ2) is 5.83. The Labute approximate surface area is 103 Å². The topological polar surface area (TPSA) is 12.0 Å². The summed E-state index contributed by atoms with van der Waals surface area (Å²) in [6, 6.07) is 5.66. The molecule has 1 aliphatic carbocycles. The lowest BCUT2D eigenvalue weighted by Gasteiger charge is -2.31. The van der Waals surface area contributed by atoms with Gasteiger partial charge in [0.1, 0.15) is 0 Å². The van der Waals surface area contributed by atoms with Crippen molar-refractivity contribution in [2.45, 2.75) is 58.0 Å². The zero-order chi connectivity index (χ0) is 11.4. The number of rotatable bonds is 4. The molecule has 16 heavy (non-hydrogen) atoms. The predicted molar refractivity (Wildman–Crippen MR) is 71.9 cm³/mol. The number of thiophene rings is 1. The molecule has 1 nitrogen and oxygen atoms in total. The molecule has 1 N–H and O–H groups in total. The van der Waals surface area contributed by atoms with Gasteiger partial charge in [0.25, 0.3) is 0 Å². The highest BCUT2D eigenvalue weighted by Gasteiger charge is 2.22. The van der Waals surface area contributed by atoms with Crippen LogP contribution in [0, 0.1) is 5.92 Å². The van der Waals surface area contributed by atoms with Gasteiger partial charge in [-0.25, -0.2) is 0 Å². The molecule has 2 rings (SSSR count). The quantitative estimate of drug-likeness (QED) is 0.820. The molecule has 0 amide bonds. The first-order valence-electron chi connectivity index (χ1n) is 6.59. The minimum Gasteiger partial charge on any atom is -0.307 e. The average molecular weight is 237 g/mol. The average Bonchev–Trinajstić information content (AvgIpc) is 2.83. The summed E-state index contributed by atoms with van der Waals surface area (Å²) in [5, 5.41) is 5.97. The van der Waals surface area contributed by atoms with E-state index in [4.69, 9.17) is 0 Å². The first kappa shape index (κ1) is 12.1. The molecule has 0 spiro atoms. The summed E-state index contributed by atoms with van der Waals surface area (Å²) in [4.78, 5) is 1.47. The molecule has 1 aliphatic rings. The van der Waals surface area contributed by atoms with Gasteiger partial charge in [-0.1, -0.05) is 32.3 Å². The van der Waals surface area contributed by atoms with Gasteiger partial charge in [-0.15, -0.1) is 11.3 Å². The standard InChI is InChI=1S/C14H23NS/c1-3-12-6-4-7-13(10-12)15-11(2)14-8-5-9-16-14/h5,8-9,11-13,15H,3-4,6-7,10H2,1-2H3/t11-,12?,13?/m0/s1. The van der Waals surface area contributed by atoms with Gasteiger partial charge in [0.2, 0.25) is 0 Å². The van der Waals surface area contributed by atoms with E-state index in [9.17, 15) is 0 Å². The van der Waals surface area contributed by atoms with Crippen molar-refractivity contribution in [3.05, 3.63) is 22.4 Å². The van der Waals surface area contributed by atoms with E-state index < -0.39 is 0 Å². The second-order valence-corrected chi connectivity index (χ2v) is 6.02. The van der Waals surface area contributed by atoms with Crippen molar-refractivity contribution in [1.82, 2.24) is 5.32 Å². The Balaban J connectivity index is 1.84. The summed E-state index contributed by atoms with van der Waals surface area (Å²) in [6.07, 6.45) is 6.96. The third-order valence-corrected chi connectivity index (χ3v) is 4.87. The van der Waals surface area contributed by atoms with Crippen molar-refractivity contribution >= 4 is 11.3 Å². The second-order valence-electron chi connectivity index (χ2n) is 5.04. The van der Waals surface area contributed by atoms with E-state index in [1.54, 1.807) is 0 Å². The maximum Gasteiger partial charge on any atom is 0.0388 e. The van der Waals surface area contributed by atoms with Crippen molar-refractivity contribution in [2.75, 3.05) is 0 Å². The smallest absolute Gasteiger partial charge is 0.0388 e. The van der Waals surface area contributed by atoms with Crippen molar-refractivity contribution in [3.8, 4) is 0 Å². The Morgan fingerprint density at radius 1 is 1.50 bits per heavy atom. The van der Waals surface area contributed by atoms with E-state index >= 15 is 0 Å². The minimum absolute atomic E-state index is 0.528. The Morgan fingerprint density at radius 2 is 2.38 bits per heavy atom. The first-order valence-corrected chi connectivity index (χ1v) is 7.47. The Hall–Kier alpha value is -0.340. The molecule has 1 aromatic rings. The van der Waals surface area contributed by atoms with Crippen LogP contribution in [-0.4, -0.2) is 6.04 Å². The molecule has 2 unspecified atom stereocenters. The fourth-order valence-corrected chi connectivity index (χ4v) is 3.53. The maximum atomic E-state index is 3.80. The molecule has 0 aliphatic heterocycles. The fourth-order valence-electron chi connectivity index (χ4n) is 2.79. The fraction of sp³-hybridized carbons (Fsp3) is 0.714. The molecule has 1 aromatic heterocycles. The van der Waals surface area contributed by atoms with Crippen LogP contribution < -0.4 is 5.32 Å². The van der Waals surface area contributed by atoms with Gasteiger partial charge in [-0.3, -0.25) is 0 Å². The molecule has 2 heteroatoms. The van der Waals surface area contributed by atoms with E-state index in [2.05, 4.69) is 36.7 Å². The van der Waals surface area contributed by atoms with Gasteiger partial charge in [-0.05, 0) is 37.1 Å². The van der Waals surface area contributed by atoms with E-state index in [0.29, 0.717) is 6.04 Å². The van der Waals surface area contributed by atoms with E-state index in [0.717, 1.165) is 12.0 Å². The van der Waals surface area contributed by atoms with Crippen LogP contribution in [0.2, 0.25) is 0 Å². The van der Waals surface area contributed by atoms with Crippen LogP contribution in [0.15, 0.2) is 17.5 Å². The predicted octanol–water partition coefficient (Wildman–Crippen LogP) is 4.37. The lowest BCUT2D eigenvalue weighted by Crippen LogP contribution is -2.35.